The van der Waals surface area contributed by atoms with Crippen molar-refractivity contribution in [3.8, 4) is 0 Å². The van der Waals surface area contributed by atoms with Gasteiger partial charge in [-0.15, -0.1) is 0 Å². The van der Waals surface area contributed by atoms with E-state index in [0.29, 0.717) is 24.2 Å². The van der Waals surface area contributed by atoms with Gasteiger partial charge in [0.05, 0.1) is 5.56 Å². The van der Waals surface area contributed by atoms with Crippen LogP contribution in [-0.4, -0.2) is 45.9 Å². The average molecular weight is 613 g/mol. The highest BCUT2D eigenvalue weighted by atomic mass is 79.9. The third kappa shape index (κ3) is 6.85. The Balaban J connectivity index is 1.33. The number of anilines is 1. The van der Waals surface area contributed by atoms with Crippen LogP contribution >= 0.6 is 15.9 Å². The van der Waals surface area contributed by atoms with Crippen LogP contribution in [0.15, 0.2) is 83.5 Å². The molecule has 1 aromatic heterocycles. The van der Waals surface area contributed by atoms with Crippen LogP contribution in [0.4, 0.5) is 23.7 Å². The van der Waals surface area contributed by atoms with E-state index >= 15 is 0 Å². The maximum atomic E-state index is 13.7. The number of amides is 3. The molecule has 1 fully saturated rings. The number of nitrogens with one attached hydrogen (secondary N) is 2. The second-order valence-corrected chi connectivity index (χ2v) is 10.8. The first-order valence-electron chi connectivity index (χ1n) is 13.0. The van der Waals surface area contributed by atoms with E-state index in [2.05, 4.69) is 26.2 Å². The second-order valence-electron chi connectivity index (χ2n) is 9.92. The summed E-state index contributed by atoms with van der Waals surface area (Å²) in [5, 5.41) is 3.92. The minimum absolute atomic E-state index is 0.0300. The van der Waals surface area contributed by atoms with Crippen molar-refractivity contribution in [1.29, 1.82) is 0 Å². The third-order valence-electron chi connectivity index (χ3n) is 6.96. The fraction of sp³-hybridized carbons (Fsp3) is 0.267. The Morgan fingerprint density at radius 1 is 1.00 bits per heavy atom. The average Bonchev–Trinajstić information content (AvgIpc) is 3.68. The molecular formula is C30H28BrF3N4O2. The summed E-state index contributed by atoms with van der Waals surface area (Å²) in [6, 6.07) is 19.5. The molecule has 10 heteroatoms. The molecule has 1 heterocycles. The van der Waals surface area contributed by atoms with E-state index in [1.54, 1.807) is 21.9 Å². The van der Waals surface area contributed by atoms with E-state index in [0.717, 1.165) is 45.9 Å². The summed E-state index contributed by atoms with van der Waals surface area (Å²) in [5.41, 5.74) is 2.47. The Labute approximate surface area is 238 Å². The highest BCUT2D eigenvalue weighted by Crippen LogP contribution is 2.30. The van der Waals surface area contributed by atoms with E-state index in [1.165, 1.54) is 12.1 Å². The molecule has 0 saturated heterocycles. The van der Waals surface area contributed by atoms with Gasteiger partial charge in [-0.05, 0) is 66.8 Å². The van der Waals surface area contributed by atoms with Crippen molar-refractivity contribution in [3.05, 3.63) is 100 Å². The molecule has 6 nitrogen and oxygen atoms in total. The normalized spacial score (nSPS) is 13.3. The fourth-order valence-electron chi connectivity index (χ4n) is 4.67. The summed E-state index contributed by atoms with van der Waals surface area (Å²) < 4.78 is 40.1. The molecule has 40 heavy (non-hydrogen) atoms. The number of alkyl halides is 3. The first-order valence-corrected chi connectivity index (χ1v) is 13.8. The van der Waals surface area contributed by atoms with Gasteiger partial charge in [0.25, 0.3) is 0 Å². The number of rotatable bonds is 9. The van der Waals surface area contributed by atoms with Crippen molar-refractivity contribution >= 4 is 44.5 Å². The number of hydrogen-bond acceptors (Lipinski definition) is 2. The highest BCUT2D eigenvalue weighted by molar-refractivity contribution is 9.10. The van der Waals surface area contributed by atoms with Crippen molar-refractivity contribution in [2.24, 2.45) is 0 Å². The number of urea groups is 1. The Hall–Kier alpha value is -3.79. The number of para-hydroxylation sites is 1. The molecule has 0 spiro atoms. The number of H-pyrrole nitrogens is 1. The van der Waals surface area contributed by atoms with Gasteiger partial charge in [-0.2, -0.15) is 13.2 Å². The molecule has 1 saturated carbocycles. The van der Waals surface area contributed by atoms with Gasteiger partial charge in [-0.1, -0.05) is 52.3 Å². The molecule has 0 unspecified atom stereocenters. The van der Waals surface area contributed by atoms with Gasteiger partial charge in [0, 0.05) is 46.4 Å². The van der Waals surface area contributed by atoms with Crippen LogP contribution in [-0.2, 0) is 23.9 Å². The molecule has 3 aromatic carbocycles. The van der Waals surface area contributed by atoms with Crippen molar-refractivity contribution < 1.29 is 22.8 Å². The van der Waals surface area contributed by atoms with E-state index in [4.69, 9.17) is 0 Å². The standard InChI is InChI=1S/C30H28BrF3N4O2/c31-23-4-3-5-24(16-23)36-29(40)38(25-12-13-25)19-28(39)37(18-20-8-10-22(11-9-20)30(32,33)34)15-14-21-17-35-27-7-2-1-6-26(21)27/h1-11,16-17,25,35H,12-15,18-19H2,(H,36,40). The van der Waals surface area contributed by atoms with Gasteiger partial charge in [0.1, 0.15) is 6.54 Å². The zero-order chi connectivity index (χ0) is 28.3. The molecule has 1 aliphatic rings. The van der Waals surface area contributed by atoms with Crippen molar-refractivity contribution in [1.82, 2.24) is 14.8 Å². The Kier molecular flexibility index (Phi) is 8.16. The number of carbonyl (C=O) groups excluding carboxylic acids is 2. The topological polar surface area (TPSA) is 68.4 Å². The van der Waals surface area contributed by atoms with Crippen LogP contribution in [0.3, 0.4) is 0 Å². The summed E-state index contributed by atoms with van der Waals surface area (Å²) in [6.07, 6.45) is -0.353. The lowest BCUT2D eigenvalue weighted by Crippen LogP contribution is -2.45. The third-order valence-corrected chi connectivity index (χ3v) is 7.46. The molecule has 1 aliphatic carbocycles. The first-order chi connectivity index (χ1) is 19.2. The number of carbonyl (C=O) groups is 2. The van der Waals surface area contributed by atoms with E-state index in [-0.39, 0.29) is 31.1 Å². The number of aromatic amines is 1. The monoisotopic (exact) mass is 612 g/mol. The fourth-order valence-corrected chi connectivity index (χ4v) is 5.06. The van der Waals surface area contributed by atoms with Crippen molar-refractivity contribution in [2.75, 3.05) is 18.4 Å². The molecule has 4 aromatic rings. The quantitative estimate of drug-likeness (QED) is 0.210. The zero-order valence-electron chi connectivity index (χ0n) is 21.5. The summed E-state index contributed by atoms with van der Waals surface area (Å²) in [7, 11) is 0. The largest absolute Gasteiger partial charge is 0.416 e. The summed E-state index contributed by atoms with van der Waals surface area (Å²) in [4.78, 5) is 33.2. The maximum absolute atomic E-state index is 13.7. The molecule has 0 bridgehead atoms. The van der Waals surface area contributed by atoms with Gasteiger partial charge in [0.2, 0.25) is 5.91 Å². The highest BCUT2D eigenvalue weighted by Gasteiger charge is 2.35. The van der Waals surface area contributed by atoms with Crippen molar-refractivity contribution in [2.45, 2.75) is 38.0 Å². The Morgan fingerprint density at radius 3 is 2.45 bits per heavy atom. The van der Waals surface area contributed by atoms with Gasteiger partial charge in [0.15, 0.2) is 0 Å². The van der Waals surface area contributed by atoms with Gasteiger partial charge in [-0.25, -0.2) is 4.79 Å². The van der Waals surface area contributed by atoms with Gasteiger partial charge >= 0.3 is 12.2 Å². The van der Waals surface area contributed by atoms with E-state index in [1.807, 2.05) is 42.6 Å². The van der Waals surface area contributed by atoms with Crippen LogP contribution in [0.1, 0.15) is 29.5 Å². The predicted octanol–water partition coefficient (Wildman–Crippen LogP) is 7.22. The number of halogens is 4. The number of benzene rings is 3. The molecule has 0 radical (unpaired) electrons. The zero-order valence-corrected chi connectivity index (χ0v) is 23.1. The minimum Gasteiger partial charge on any atom is -0.361 e. The van der Waals surface area contributed by atoms with E-state index in [9.17, 15) is 22.8 Å². The summed E-state index contributed by atoms with van der Waals surface area (Å²) in [5.74, 6) is -0.268. The molecule has 0 aliphatic heterocycles. The predicted molar refractivity (Wildman–Crippen MR) is 152 cm³/mol. The first kappa shape index (κ1) is 27.8. The van der Waals surface area contributed by atoms with Crippen LogP contribution in [0, 0.1) is 0 Å². The Morgan fingerprint density at radius 2 is 1.75 bits per heavy atom. The molecule has 208 valence electrons. The second kappa shape index (κ2) is 11.8. The molecule has 3 amide bonds. The smallest absolute Gasteiger partial charge is 0.361 e. The lowest BCUT2D eigenvalue weighted by molar-refractivity contribution is -0.137. The molecular weight excluding hydrogens is 585 g/mol. The van der Waals surface area contributed by atoms with Gasteiger partial charge in [-0.3, -0.25) is 4.79 Å². The van der Waals surface area contributed by atoms with Crippen LogP contribution in [0.2, 0.25) is 0 Å². The lowest BCUT2D eigenvalue weighted by Gasteiger charge is -2.28. The van der Waals surface area contributed by atoms with Crippen molar-refractivity contribution in [3.63, 3.8) is 0 Å². The van der Waals surface area contributed by atoms with E-state index < -0.39 is 11.7 Å². The summed E-state index contributed by atoms with van der Waals surface area (Å²) >= 11 is 3.39. The Bertz CT molecular complexity index is 1500. The molecule has 0 atom stereocenters. The molecule has 5 rings (SSSR count). The van der Waals surface area contributed by atoms with Gasteiger partial charge < -0.3 is 20.1 Å². The number of fused-ring (bicyclic) bond motifs is 1. The van der Waals surface area contributed by atoms with Crippen LogP contribution in [0.5, 0.6) is 0 Å². The number of hydrogen-bond donors (Lipinski definition) is 2. The summed E-state index contributed by atoms with van der Waals surface area (Å²) in [6.45, 7) is 0.345. The number of aromatic nitrogens is 1. The molecule has 2 N–H and O–H groups in total. The van der Waals surface area contributed by atoms with Crippen LogP contribution in [0.25, 0.3) is 10.9 Å². The maximum Gasteiger partial charge on any atom is 0.416 e. The van der Waals surface area contributed by atoms with Crippen LogP contribution < -0.4 is 5.32 Å². The minimum atomic E-state index is -4.43. The SMILES string of the molecule is O=C(CN(C(=O)Nc1cccc(Br)c1)C1CC1)N(CCc1c[nH]c2ccccc12)Cc1ccc(C(F)(F)F)cc1. The lowest BCUT2D eigenvalue weighted by atomic mass is 10.1. The number of nitrogens with zero attached hydrogens (tertiary/aromatic N) is 2.